The Bertz CT molecular complexity index is 2940. The first kappa shape index (κ1) is 46.2. The van der Waals surface area contributed by atoms with Gasteiger partial charge in [-0.1, -0.05) is 90.6 Å². The van der Waals surface area contributed by atoms with E-state index in [1.807, 2.05) is 41.3 Å². The smallest absolute Gasteiger partial charge is 0.508 e. The summed E-state index contributed by atoms with van der Waals surface area (Å²) in [5, 5.41) is 19.3. The maximum Gasteiger partial charge on any atom is 0.573 e. The molecule has 4 heterocycles. The van der Waals surface area contributed by atoms with Crippen LogP contribution in [0.3, 0.4) is 0 Å². The van der Waals surface area contributed by atoms with Crippen molar-refractivity contribution in [3.63, 3.8) is 0 Å². The summed E-state index contributed by atoms with van der Waals surface area (Å²) >= 11 is 1.62. The Hall–Kier alpha value is -6.58. The number of nitrogens with zero attached hydrogens (tertiary/aromatic N) is 5. The van der Waals surface area contributed by atoms with E-state index in [4.69, 9.17) is 14.8 Å². The number of thioether (sulfide) groups is 1. The summed E-state index contributed by atoms with van der Waals surface area (Å²) in [6.45, 7) is 3.38. The number of carbonyl (C=O) groups excluding carboxylic acids is 2. The number of hydrogen-bond acceptors (Lipinski definition) is 9. The second kappa shape index (κ2) is 20.2. The van der Waals surface area contributed by atoms with Crippen molar-refractivity contribution in [2.75, 3.05) is 38.5 Å². The van der Waals surface area contributed by atoms with Crippen LogP contribution in [0.15, 0.2) is 133 Å². The first-order valence-corrected chi connectivity index (χ1v) is 24.7. The van der Waals surface area contributed by atoms with Gasteiger partial charge in [0, 0.05) is 43.0 Å². The minimum absolute atomic E-state index is 0.0153. The molecule has 3 aliphatic rings. The third-order valence-electron chi connectivity index (χ3n) is 13.8. The van der Waals surface area contributed by atoms with Crippen LogP contribution in [0.25, 0.3) is 16.4 Å². The number of piperidine rings is 2. The van der Waals surface area contributed by atoms with E-state index in [-0.39, 0.29) is 30.0 Å². The van der Waals surface area contributed by atoms with E-state index in [1.165, 1.54) is 40.5 Å². The number of ether oxygens (including phenoxy) is 2. The highest BCUT2D eigenvalue weighted by Crippen LogP contribution is 2.47. The molecule has 2 aliphatic heterocycles. The molecule has 11 nitrogen and oxygen atoms in total. The fourth-order valence-electron chi connectivity index (χ4n) is 10.3. The fourth-order valence-corrected chi connectivity index (χ4v) is 11.4. The molecule has 15 heteroatoms. The standard InChI is InChI=1S/C54H53F3N6O5S/c55-54(56,57)68-49-13-7-5-11-46(49)52(66)58-32-39-31-48-45-10-4-6-12-47(45)59-53(63(48)60-39)69-34-35-22-26-61(27-23-35)33-50(65)62-28-24-42(25-29-62)67-41-18-14-37(15-19-41)51-43(36-8-2-1-3-9-36)20-16-38-30-40(64)17-21-44(38)51/h1-15,17-19,21,30-31,35,42-43,51,64H,16,20,22-29,32-34H2,(H,58,66)/t43-,51+/m1/s1. The number of likely N-dealkylation sites (tertiary alicyclic amines) is 2. The molecule has 2 N–H and O–H groups in total. The zero-order valence-corrected chi connectivity index (χ0v) is 38.8. The number of halogens is 3. The third kappa shape index (κ3) is 10.7. The van der Waals surface area contributed by atoms with Crippen LogP contribution in [0, 0.1) is 5.92 Å². The van der Waals surface area contributed by atoms with Crippen LogP contribution in [0.2, 0.25) is 0 Å². The van der Waals surface area contributed by atoms with Crippen molar-refractivity contribution in [1.82, 2.24) is 29.7 Å². The normalized spacial score (nSPS) is 18.3. The first-order chi connectivity index (χ1) is 33.5. The molecular formula is C54H53F3N6O5S. The summed E-state index contributed by atoms with van der Waals surface area (Å²) in [6, 6.07) is 39.9. The summed E-state index contributed by atoms with van der Waals surface area (Å²) in [4.78, 5) is 35.7. The molecule has 2 aromatic heterocycles. The number of alkyl halides is 3. The second-order valence-electron chi connectivity index (χ2n) is 18.3. The summed E-state index contributed by atoms with van der Waals surface area (Å²) in [7, 11) is 0. The Morgan fingerprint density at radius 3 is 2.32 bits per heavy atom. The number of aromatic nitrogens is 3. The summed E-state index contributed by atoms with van der Waals surface area (Å²) in [5.41, 5.74) is 6.95. The molecule has 1 aliphatic carbocycles. The van der Waals surface area contributed by atoms with E-state index < -0.39 is 18.0 Å². The predicted octanol–water partition coefficient (Wildman–Crippen LogP) is 10.2. The van der Waals surface area contributed by atoms with Gasteiger partial charge in [0.05, 0.1) is 35.4 Å². The van der Waals surface area contributed by atoms with Crippen LogP contribution in [0.5, 0.6) is 17.2 Å². The zero-order valence-electron chi connectivity index (χ0n) is 38.0. The van der Waals surface area contributed by atoms with Crippen molar-refractivity contribution in [1.29, 1.82) is 0 Å². The molecule has 0 unspecified atom stereocenters. The molecule has 356 valence electrons. The Morgan fingerprint density at radius 2 is 1.54 bits per heavy atom. The molecule has 5 aromatic carbocycles. The molecule has 0 radical (unpaired) electrons. The number of carbonyl (C=O) groups is 2. The largest absolute Gasteiger partial charge is 0.573 e. The predicted molar refractivity (Wildman–Crippen MR) is 259 cm³/mol. The van der Waals surface area contributed by atoms with Crippen molar-refractivity contribution >= 4 is 40.0 Å². The van der Waals surface area contributed by atoms with E-state index in [0.717, 1.165) is 85.6 Å². The van der Waals surface area contributed by atoms with Crippen molar-refractivity contribution in [2.24, 2.45) is 5.92 Å². The highest BCUT2D eigenvalue weighted by Gasteiger charge is 2.34. The number of nitrogens with one attached hydrogen (secondary N) is 1. The fraction of sp³-hybridized carbons (Fsp3) is 0.333. The molecule has 2 fully saturated rings. The summed E-state index contributed by atoms with van der Waals surface area (Å²) in [6.07, 6.45) is 0.496. The van der Waals surface area contributed by atoms with Crippen molar-refractivity contribution in [3.05, 3.63) is 161 Å². The van der Waals surface area contributed by atoms with E-state index in [0.29, 0.717) is 48.1 Å². The third-order valence-corrected chi connectivity index (χ3v) is 15.0. The second-order valence-corrected chi connectivity index (χ2v) is 19.3. The molecular weight excluding hydrogens is 902 g/mol. The number of benzene rings is 5. The van der Waals surface area contributed by atoms with Gasteiger partial charge in [0.15, 0.2) is 5.16 Å². The number of para-hydroxylation sites is 2. The molecule has 2 saturated heterocycles. The molecule has 0 saturated carbocycles. The van der Waals surface area contributed by atoms with Crippen LogP contribution < -0.4 is 14.8 Å². The van der Waals surface area contributed by atoms with Gasteiger partial charge < -0.3 is 24.8 Å². The number of fused-ring (bicyclic) bond motifs is 4. The minimum Gasteiger partial charge on any atom is -0.508 e. The van der Waals surface area contributed by atoms with E-state index in [2.05, 4.69) is 75.6 Å². The van der Waals surface area contributed by atoms with Crippen LogP contribution in [0.1, 0.15) is 82.2 Å². The lowest BCUT2D eigenvalue weighted by Crippen LogP contribution is -2.47. The average molecular weight is 955 g/mol. The lowest BCUT2D eigenvalue weighted by Gasteiger charge is -2.36. The summed E-state index contributed by atoms with van der Waals surface area (Å²) < 4.78 is 51.3. The quantitative estimate of drug-likeness (QED) is 0.0860. The molecule has 0 bridgehead atoms. The van der Waals surface area contributed by atoms with Gasteiger partial charge in [-0.2, -0.15) is 5.10 Å². The maximum atomic E-state index is 13.5. The van der Waals surface area contributed by atoms with Crippen molar-refractivity contribution < 1.29 is 37.3 Å². The molecule has 69 heavy (non-hydrogen) atoms. The highest BCUT2D eigenvalue weighted by atomic mass is 32.2. The Morgan fingerprint density at radius 1 is 0.797 bits per heavy atom. The van der Waals surface area contributed by atoms with Crippen molar-refractivity contribution in [2.45, 2.75) is 74.5 Å². The topological polar surface area (TPSA) is 122 Å². The number of amides is 2. The lowest BCUT2D eigenvalue weighted by molar-refractivity contribution is -0.274. The number of phenols is 1. The van der Waals surface area contributed by atoms with Gasteiger partial charge in [0.25, 0.3) is 5.91 Å². The minimum atomic E-state index is -4.94. The molecule has 2 amide bonds. The number of rotatable bonds is 13. The average Bonchev–Trinajstić information content (AvgIpc) is 3.80. The molecule has 10 rings (SSSR count). The van der Waals surface area contributed by atoms with Gasteiger partial charge in [0.1, 0.15) is 23.4 Å². The maximum absolute atomic E-state index is 13.5. The van der Waals surface area contributed by atoms with Gasteiger partial charge in [-0.3, -0.25) is 14.5 Å². The van der Waals surface area contributed by atoms with Crippen LogP contribution in [-0.2, 0) is 17.8 Å². The Kier molecular flexibility index (Phi) is 13.5. The SMILES string of the molecule is O=C(NCc1cc2c3ccccc3nc(SCC3CCN(CC(=O)N4CCC(Oc5ccc([C@@H]6c7ccc(O)cc7CC[C@@H]6c6ccccc6)cc5)CC4)CC3)n2n1)c1ccccc1OC(F)(F)F. The van der Waals surface area contributed by atoms with Gasteiger partial charge in [0.2, 0.25) is 5.91 Å². The first-order valence-electron chi connectivity index (χ1n) is 23.7. The van der Waals surface area contributed by atoms with Crippen LogP contribution in [-0.4, -0.2) is 92.3 Å². The monoisotopic (exact) mass is 954 g/mol. The molecule has 2 atom stereocenters. The number of aromatic hydroxyl groups is 1. The van der Waals surface area contributed by atoms with Crippen LogP contribution >= 0.6 is 11.8 Å². The lowest BCUT2D eigenvalue weighted by atomic mass is 9.69. The molecule has 0 spiro atoms. The van der Waals surface area contributed by atoms with Gasteiger partial charge in [-0.25, -0.2) is 9.50 Å². The molecule has 7 aromatic rings. The number of phenolic OH excluding ortho intramolecular Hbond substituents is 1. The van der Waals surface area contributed by atoms with Gasteiger partial charge >= 0.3 is 6.36 Å². The number of hydrogen-bond donors (Lipinski definition) is 2. The van der Waals surface area contributed by atoms with E-state index in [9.17, 15) is 27.9 Å². The Labute approximate surface area is 402 Å². The zero-order chi connectivity index (χ0) is 47.5. The van der Waals surface area contributed by atoms with E-state index >= 15 is 0 Å². The highest BCUT2D eigenvalue weighted by molar-refractivity contribution is 7.99. The van der Waals surface area contributed by atoms with Gasteiger partial charge in [-0.05, 0) is 121 Å². The number of aryl methyl sites for hydroxylation is 1. The van der Waals surface area contributed by atoms with Crippen molar-refractivity contribution in [3.8, 4) is 17.2 Å². The van der Waals surface area contributed by atoms with E-state index in [1.54, 1.807) is 22.3 Å². The summed E-state index contributed by atoms with van der Waals surface area (Å²) in [5.74, 6) is 1.75. The Balaban J connectivity index is 0.697. The van der Waals surface area contributed by atoms with Crippen LogP contribution in [0.4, 0.5) is 13.2 Å². The van der Waals surface area contributed by atoms with Gasteiger partial charge in [-0.15, -0.1) is 13.2 Å².